The third kappa shape index (κ3) is 3.44. The molecule has 3 heteroatoms. The Hall–Kier alpha value is -0.120. The average Bonchev–Trinajstić information content (AvgIpc) is 2.32. The molecular formula is C13H25NO2. The van der Waals surface area contributed by atoms with Crippen molar-refractivity contribution in [3.63, 3.8) is 0 Å². The highest BCUT2D eigenvalue weighted by Crippen LogP contribution is 2.26. The normalized spacial score (nSPS) is 34.1. The lowest BCUT2D eigenvalue weighted by Crippen LogP contribution is -2.38. The zero-order valence-electron chi connectivity index (χ0n) is 10.7. The second-order valence-corrected chi connectivity index (χ2v) is 5.29. The van der Waals surface area contributed by atoms with Crippen LogP contribution in [0.3, 0.4) is 0 Å². The van der Waals surface area contributed by atoms with Gasteiger partial charge in [-0.1, -0.05) is 0 Å². The van der Waals surface area contributed by atoms with E-state index in [1.54, 1.807) is 0 Å². The lowest BCUT2D eigenvalue weighted by molar-refractivity contribution is -0.0800. The minimum atomic E-state index is 0.435. The molecule has 2 fully saturated rings. The average molecular weight is 227 g/mol. The van der Waals surface area contributed by atoms with Crippen molar-refractivity contribution in [2.24, 2.45) is 0 Å². The molecule has 0 amide bonds. The summed E-state index contributed by atoms with van der Waals surface area (Å²) in [7, 11) is 4.01. The first-order valence-corrected chi connectivity index (χ1v) is 6.64. The standard InChI is InChI=1S/C13H25NO2/c1-14-8-6-11(7-9-14)16-13-5-3-4-12(10-13)15-2/h11-13H,3-10H2,1-2H3/t12-,13+/m0/s1. The van der Waals surface area contributed by atoms with Crippen molar-refractivity contribution in [3.05, 3.63) is 0 Å². The van der Waals surface area contributed by atoms with Gasteiger partial charge in [0.1, 0.15) is 0 Å². The summed E-state index contributed by atoms with van der Waals surface area (Å²) in [4.78, 5) is 2.39. The summed E-state index contributed by atoms with van der Waals surface area (Å²) in [5.74, 6) is 0. The molecule has 0 aromatic rings. The highest BCUT2D eigenvalue weighted by atomic mass is 16.5. The van der Waals surface area contributed by atoms with Crippen LogP contribution in [-0.4, -0.2) is 50.5 Å². The van der Waals surface area contributed by atoms with Gasteiger partial charge < -0.3 is 14.4 Å². The Morgan fingerprint density at radius 1 is 0.938 bits per heavy atom. The number of piperidine rings is 1. The minimum absolute atomic E-state index is 0.435. The van der Waals surface area contributed by atoms with E-state index in [-0.39, 0.29) is 0 Å². The SMILES string of the molecule is CO[C@H]1CCC[C@@H](OC2CCN(C)CC2)C1. The lowest BCUT2D eigenvalue weighted by Gasteiger charge is -2.35. The van der Waals surface area contributed by atoms with Crippen molar-refractivity contribution in [2.45, 2.75) is 56.8 Å². The maximum atomic E-state index is 6.21. The van der Waals surface area contributed by atoms with Crippen LogP contribution >= 0.6 is 0 Å². The minimum Gasteiger partial charge on any atom is -0.381 e. The summed E-state index contributed by atoms with van der Waals surface area (Å²) in [5.41, 5.74) is 0. The van der Waals surface area contributed by atoms with E-state index in [2.05, 4.69) is 11.9 Å². The Morgan fingerprint density at radius 2 is 1.62 bits per heavy atom. The molecule has 0 radical (unpaired) electrons. The third-order valence-corrected chi connectivity index (χ3v) is 3.96. The Labute approximate surface area is 99.1 Å². The highest BCUT2D eigenvalue weighted by Gasteiger charge is 2.26. The smallest absolute Gasteiger partial charge is 0.0603 e. The van der Waals surface area contributed by atoms with Crippen molar-refractivity contribution in [1.29, 1.82) is 0 Å². The molecule has 2 atom stereocenters. The van der Waals surface area contributed by atoms with E-state index in [1.807, 2.05) is 7.11 Å². The monoisotopic (exact) mass is 227 g/mol. The van der Waals surface area contributed by atoms with Crippen LogP contribution in [0.25, 0.3) is 0 Å². The van der Waals surface area contributed by atoms with Gasteiger partial charge in [0.2, 0.25) is 0 Å². The van der Waals surface area contributed by atoms with Crippen LogP contribution in [0.5, 0.6) is 0 Å². The van der Waals surface area contributed by atoms with Gasteiger partial charge in [0.05, 0.1) is 18.3 Å². The van der Waals surface area contributed by atoms with Gasteiger partial charge in [-0.2, -0.15) is 0 Å². The molecular weight excluding hydrogens is 202 g/mol. The topological polar surface area (TPSA) is 21.7 Å². The van der Waals surface area contributed by atoms with E-state index in [4.69, 9.17) is 9.47 Å². The molecule has 0 aromatic heterocycles. The summed E-state index contributed by atoms with van der Waals surface area (Å²) in [6, 6.07) is 0. The summed E-state index contributed by atoms with van der Waals surface area (Å²) in [6.07, 6.45) is 8.58. The zero-order valence-corrected chi connectivity index (χ0v) is 10.7. The molecule has 1 aliphatic heterocycles. The molecule has 16 heavy (non-hydrogen) atoms. The second-order valence-electron chi connectivity index (χ2n) is 5.29. The van der Waals surface area contributed by atoms with E-state index in [1.165, 1.54) is 45.2 Å². The molecule has 1 saturated carbocycles. The van der Waals surface area contributed by atoms with Crippen LogP contribution < -0.4 is 0 Å². The van der Waals surface area contributed by atoms with E-state index in [0.717, 1.165) is 6.42 Å². The van der Waals surface area contributed by atoms with E-state index in [9.17, 15) is 0 Å². The molecule has 0 bridgehead atoms. The Kier molecular flexibility index (Phi) is 4.62. The number of likely N-dealkylation sites (tertiary alicyclic amines) is 1. The zero-order chi connectivity index (χ0) is 11.4. The van der Waals surface area contributed by atoms with Crippen LogP contribution in [0.15, 0.2) is 0 Å². The Bertz CT molecular complexity index is 202. The molecule has 2 aliphatic rings. The predicted octanol–water partition coefficient (Wildman–Crippen LogP) is 2.05. The summed E-state index contributed by atoms with van der Waals surface area (Å²) in [6.45, 7) is 2.37. The van der Waals surface area contributed by atoms with Crippen molar-refractivity contribution in [2.75, 3.05) is 27.2 Å². The fourth-order valence-corrected chi connectivity index (χ4v) is 2.83. The van der Waals surface area contributed by atoms with Gasteiger partial charge in [0, 0.05) is 20.2 Å². The summed E-state index contributed by atoms with van der Waals surface area (Å²) < 4.78 is 11.6. The molecule has 3 nitrogen and oxygen atoms in total. The Morgan fingerprint density at radius 3 is 2.31 bits per heavy atom. The van der Waals surface area contributed by atoms with Crippen molar-refractivity contribution in [1.82, 2.24) is 4.90 Å². The largest absolute Gasteiger partial charge is 0.381 e. The quantitative estimate of drug-likeness (QED) is 0.736. The molecule has 0 aromatic carbocycles. The molecule has 94 valence electrons. The number of hydrogen-bond acceptors (Lipinski definition) is 3. The highest BCUT2D eigenvalue weighted by molar-refractivity contribution is 4.77. The number of rotatable bonds is 3. The van der Waals surface area contributed by atoms with Crippen molar-refractivity contribution >= 4 is 0 Å². The molecule has 1 aliphatic carbocycles. The van der Waals surface area contributed by atoms with E-state index in [0.29, 0.717) is 18.3 Å². The molecule has 2 rings (SSSR count). The summed E-state index contributed by atoms with van der Waals surface area (Å²) >= 11 is 0. The van der Waals surface area contributed by atoms with Crippen molar-refractivity contribution in [3.8, 4) is 0 Å². The number of hydrogen-bond donors (Lipinski definition) is 0. The number of ether oxygens (including phenoxy) is 2. The van der Waals surface area contributed by atoms with E-state index >= 15 is 0 Å². The fourth-order valence-electron chi connectivity index (χ4n) is 2.83. The van der Waals surface area contributed by atoms with Crippen LogP contribution in [-0.2, 0) is 9.47 Å². The summed E-state index contributed by atoms with van der Waals surface area (Å²) in [5, 5.41) is 0. The first-order valence-electron chi connectivity index (χ1n) is 6.64. The van der Waals surface area contributed by atoms with Crippen LogP contribution in [0.2, 0.25) is 0 Å². The van der Waals surface area contributed by atoms with Crippen LogP contribution in [0.4, 0.5) is 0 Å². The van der Waals surface area contributed by atoms with Crippen molar-refractivity contribution < 1.29 is 9.47 Å². The second kappa shape index (κ2) is 5.99. The van der Waals surface area contributed by atoms with Gasteiger partial charge in [-0.3, -0.25) is 0 Å². The molecule has 0 N–H and O–H groups in total. The fraction of sp³-hybridized carbons (Fsp3) is 1.00. The third-order valence-electron chi connectivity index (χ3n) is 3.96. The molecule has 0 spiro atoms. The lowest BCUT2D eigenvalue weighted by atomic mass is 9.94. The van der Waals surface area contributed by atoms with Gasteiger partial charge in [-0.05, 0) is 45.6 Å². The van der Waals surface area contributed by atoms with E-state index < -0.39 is 0 Å². The Balaban J connectivity index is 1.72. The van der Waals surface area contributed by atoms with Gasteiger partial charge in [-0.15, -0.1) is 0 Å². The van der Waals surface area contributed by atoms with Gasteiger partial charge in [0.15, 0.2) is 0 Å². The first-order chi connectivity index (χ1) is 7.78. The van der Waals surface area contributed by atoms with Gasteiger partial charge in [-0.25, -0.2) is 0 Å². The predicted molar refractivity (Wildman–Crippen MR) is 64.7 cm³/mol. The van der Waals surface area contributed by atoms with Gasteiger partial charge >= 0.3 is 0 Å². The maximum Gasteiger partial charge on any atom is 0.0603 e. The van der Waals surface area contributed by atoms with Gasteiger partial charge in [0.25, 0.3) is 0 Å². The molecule has 1 heterocycles. The number of methoxy groups -OCH3 is 1. The van der Waals surface area contributed by atoms with Crippen LogP contribution in [0, 0.1) is 0 Å². The van der Waals surface area contributed by atoms with Crippen LogP contribution in [0.1, 0.15) is 38.5 Å². The first kappa shape index (κ1) is 12.3. The molecule has 1 saturated heterocycles. The maximum absolute atomic E-state index is 6.21. The molecule has 0 unspecified atom stereocenters. The number of nitrogens with zero attached hydrogens (tertiary/aromatic N) is 1.